The molecule has 1 fully saturated rings. The molecule has 26 heavy (non-hydrogen) atoms. The van der Waals surface area contributed by atoms with Crippen LogP contribution in [0.5, 0.6) is 5.88 Å². The lowest BCUT2D eigenvalue weighted by molar-refractivity contribution is 0.250. The largest absolute Gasteiger partial charge is 0.473 e. The zero-order valence-corrected chi connectivity index (χ0v) is 15.6. The predicted molar refractivity (Wildman–Crippen MR) is 103 cm³/mol. The van der Waals surface area contributed by atoms with Crippen LogP contribution in [0.1, 0.15) is 36.9 Å². The topological polar surface area (TPSA) is 43.2 Å². The number of piperidine rings is 1. The van der Waals surface area contributed by atoms with Gasteiger partial charge < -0.3 is 9.64 Å². The molecule has 1 aliphatic heterocycles. The molecule has 0 N–H and O–H groups in total. The Morgan fingerprint density at radius 1 is 1.15 bits per heavy atom. The predicted octanol–water partition coefficient (Wildman–Crippen LogP) is 3.84. The van der Waals surface area contributed by atoms with Gasteiger partial charge >= 0.3 is 0 Å². The zero-order chi connectivity index (χ0) is 17.9. The maximum atomic E-state index is 5.99. The molecule has 3 aromatic rings. The Morgan fingerprint density at radius 2 is 2.00 bits per heavy atom. The van der Waals surface area contributed by atoms with Gasteiger partial charge in [0, 0.05) is 29.6 Å². The molecule has 0 aliphatic carbocycles. The summed E-state index contributed by atoms with van der Waals surface area (Å²) < 4.78 is 8.00. The lowest BCUT2D eigenvalue weighted by atomic mass is 9.93. The molecule has 136 valence electrons. The van der Waals surface area contributed by atoms with E-state index in [1.807, 2.05) is 16.9 Å². The summed E-state index contributed by atoms with van der Waals surface area (Å²) >= 11 is 0. The number of hydrogen-bond donors (Lipinski definition) is 0. The number of fused-ring (bicyclic) bond motifs is 1. The van der Waals surface area contributed by atoms with Crippen LogP contribution < -0.4 is 4.74 Å². The van der Waals surface area contributed by atoms with Gasteiger partial charge in [0.15, 0.2) is 0 Å². The van der Waals surface area contributed by atoms with Gasteiger partial charge in [-0.25, -0.2) is 4.98 Å². The third-order valence-electron chi connectivity index (χ3n) is 5.28. The highest BCUT2D eigenvalue weighted by molar-refractivity contribution is 5.79. The van der Waals surface area contributed by atoms with Crippen LogP contribution in [-0.2, 0) is 13.2 Å². The van der Waals surface area contributed by atoms with E-state index in [1.54, 1.807) is 0 Å². The average molecular weight is 350 g/mol. The van der Waals surface area contributed by atoms with Gasteiger partial charge in [0.25, 0.3) is 0 Å². The van der Waals surface area contributed by atoms with E-state index in [4.69, 9.17) is 9.72 Å². The van der Waals surface area contributed by atoms with Gasteiger partial charge in [-0.05, 0) is 57.6 Å². The summed E-state index contributed by atoms with van der Waals surface area (Å²) in [4.78, 5) is 7.15. The second-order valence-corrected chi connectivity index (χ2v) is 7.12. The molecule has 1 saturated heterocycles. The van der Waals surface area contributed by atoms with Crippen LogP contribution in [0.15, 0.2) is 42.6 Å². The normalized spacial score (nSPS) is 16.2. The first kappa shape index (κ1) is 17.0. The fraction of sp³-hybridized carbons (Fsp3) is 0.429. The van der Waals surface area contributed by atoms with Crippen LogP contribution in [-0.4, -0.2) is 39.8 Å². The Hall–Kier alpha value is -2.40. The maximum absolute atomic E-state index is 5.99. The summed E-state index contributed by atoms with van der Waals surface area (Å²) in [6.07, 6.45) is 4.26. The lowest BCUT2D eigenvalue weighted by Gasteiger charge is -2.28. The molecule has 0 spiro atoms. The minimum atomic E-state index is 0.523. The number of hydrogen-bond acceptors (Lipinski definition) is 4. The highest BCUT2D eigenvalue weighted by Gasteiger charge is 2.19. The van der Waals surface area contributed by atoms with E-state index in [9.17, 15) is 0 Å². The number of nitrogens with zero attached hydrogens (tertiary/aromatic N) is 4. The first-order valence-corrected chi connectivity index (χ1v) is 9.45. The van der Waals surface area contributed by atoms with Crippen molar-refractivity contribution in [3.05, 3.63) is 53.9 Å². The first-order valence-electron chi connectivity index (χ1n) is 9.45. The van der Waals surface area contributed by atoms with Gasteiger partial charge in [-0.1, -0.05) is 18.2 Å². The summed E-state index contributed by atoms with van der Waals surface area (Å²) in [7, 11) is 2.19. The number of aryl methyl sites for hydroxylation is 1. The van der Waals surface area contributed by atoms with E-state index in [-0.39, 0.29) is 0 Å². The van der Waals surface area contributed by atoms with Crippen molar-refractivity contribution in [1.29, 1.82) is 0 Å². The summed E-state index contributed by atoms with van der Waals surface area (Å²) in [5.74, 6) is 1.26. The molecule has 5 heteroatoms. The Balaban J connectivity index is 1.45. The number of benzene rings is 1. The third kappa shape index (κ3) is 3.58. The van der Waals surface area contributed by atoms with Crippen molar-refractivity contribution in [2.24, 2.45) is 0 Å². The number of likely N-dealkylation sites (tertiary alicyclic amines) is 1. The number of rotatable bonds is 5. The van der Waals surface area contributed by atoms with Crippen molar-refractivity contribution in [3.63, 3.8) is 0 Å². The molecular formula is C21H26N4O. The van der Waals surface area contributed by atoms with Gasteiger partial charge in [0.05, 0.1) is 11.7 Å². The molecule has 0 radical (unpaired) electrons. The molecule has 0 bridgehead atoms. The van der Waals surface area contributed by atoms with E-state index in [1.165, 1.54) is 12.8 Å². The maximum Gasteiger partial charge on any atom is 0.213 e. The smallest absolute Gasteiger partial charge is 0.213 e. The molecule has 2 aromatic heterocycles. The van der Waals surface area contributed by atoms with Gasteiger partial charge in [-0.15, -0.1) is 0 Å². The molecule has 4 rings (SSSR count). The lowest BCUT2D eigenvalue weighted by Crippen LogP contribution is -2.29. The van der Waals surface area contributed by atoms with Crippen LogP contribution in [0.25, 0.3) is 10.9 Å². The molecule has 3 heterocycles. The molecule has 0 saturated carbocycles. The minimum absolute atomic E-state index is 0.523. The second-order valence-electron chi connectivity index (χ2n) is 7.12. The van der Waals surface area contributed by atoms with Crippen molar-refractivity contribution in [2.45, 2.75) is 38.8 Å². The Labute approximate surface area is 154 Å². The van der Waals surface area contributed by atoms with Gasteiger partial charge in [0.2, 0.25) is 5.88 Å². The summed E-state index contributed by atoms with van der Waals surface area (Å²) in [6, 6.07) is 12.5. The Morgan fingerprint density at radius 3 is 2.81 bits per heavy atom. The first-order chi connectivity index (χ1) is 12.7. The van der Waals surface area contributed by atoms with Crippen molar-refractivity contribution >= 4 is 10.9 Å². The molecule has 1 aliphatic rings. The number of ether oxygens (including phenoxy) is 1. The van der Waals surface area contributed by atoms with Gasteiger partial charge in [0.1, 0.15) is 6.61 Å². The van der Waals surface area contributed by atoms with Crippen LogP contribution in [0.3, 0.4) is 0 Å². The van der Waals surface area contributed by atoms with Crippen molar-refractivity contribution in [1.82, 2.24) is 19.7 Å². The van der Waals surface area contributed by atoms with Crippen molar-refractivity contribution in [2.75, 3.05) is 20.1 Å². The molecule has 0 amide bonds. The highest BCUT2D eigenvalue weighted by Crippen LogP contribution is 2.27. The molecule has 0 atom stereocenters. The molecule has 1 aromatic carbocycles. The second kappa shape index (κ2) is 7.46. The van der Waals surface area contributed by atoms with Crippen LogP contribution in [0.2, 0.25) is 0 Å². The van der Waals surface area contributed by atoms with Crippen molar-refractivity contribution in [3.8, 4) is 5.88 Å². The monoisotopic (exact) mass is 350 g/mol. The average Bonchev–Trinajstić information content (AvgIpc) is 3.09. The highest BCUT2D eigenvalue weighted by atomic mass is 16.5. The summed E-state index contributed by atoms with van der Waals surface area (Å²) in [6.45, 7) is 5.78. The van der Waals surface area contributed by atoms with Crippen molar-refractivity contribution < 1.29 is 4.74 Å². The third-order valence-corrected chi connectivity index (χ3v) is 5.28. The van der Waals surface area contributed by atoms with E-state index in [2.05, 4.69) is 54.3 Å². The zero-order valence-electron chi connectivity index (χ0n) is 15.6. The van der Waals surface area contributed by atoms with Crippen LogP contribution >= 0.6 is 0 Å². The van der Waals surface area contributed by atoms with Crippen LogP contribution in [0, 0.1) is 0 Å². The summed E-state index contributed by atoms with van der Waals surface area (Å²) in [5.41, 5.74) is 3.45. The fourth-order valence-corrected chi connectivity index (χ4v) is 3.66. The molecular weight excluding hydrogens is 324 g/mol. The molecule has 0 unspecified atom stereocenters. The standard InChI is InChI=1S/C21H26N4O/c1-3-25-20-13-16(7-8-18(20)14-22-25)15-26-21-6-4-5-19(23-21)17-9-11-24(2)12-10-17/h4-8,13-14,17H,3,9-12,15H2,1-2H3. The van der Waals surface area contributed by atoms with E-state index in [0.29, 0.717) is 18.4 Å². The van der Waals surface area contributed by atoms with Gasteiger partial charge in [-0.3, -0.25) is 4.68 Å². The Kier molecular flexibility index (Phi) is 4.89. The Bertz CT molecular complexity index is 881. The summed E-state index contributed by atoms with van der Waals surface area (Å²) in [5, 5.41) is 5.57. The molecule has 5 nitrogen and oxygen atoms in total. The number of pyridine rings is 1. The quantitative estimate of drug-likeness (QED) is 0.701. The van der Waals surface area contributed by atoms with E-state index in [0.717, 1.165) is 41.8 Å². The van der Waals surface area contributed by atoms with E-state index >= 15 is 0 Å². The number of aromatic nitrogens is 3. The minimum Gasteiger partial charge on any atom is -0.473 e. The van der Waals surface area contributed by atoms with E-state index < -0.39 is 0 Å². The fourth-order valence-electron chi connectivity index (χ4n) is 3.66. The van der Waals surface area contributed by atoms with Gasteiger partial charge in [-0.2, -0.15) is 5.10 Å². The SMILES string of the molecule is CCn1ncc2ccc(COc3cccc(C4CCN(C)CC4)n3)cc21. The van der Waals surface area contributed by atoms with Crippen LogP contribution in [0.4, 0.5) is 0 Å².